The first-order valence-corrected chi connectivity index (χ1v) is 9.10. The van der Waals surface area contributed by atoms with E-state index in [9.17, 15) is 14.4 Å². The maximum absolute atomic E-state index is 13.1. The van der Waals surface area contributed by atoms with Crippen molar-refractivity contribution in [1.82, 2.24) is 5.32 Å². The van der Waals surface area contributed by atoms with Crippen LogP contribution < -0.4 is 10.1 Å². The minimum atomic E-state index is -0.768. The number of aryl methyl sites for hydroxylation is 2. The van der Waals surface area contributed by atoms with Crippen molar-refractivity contribution >= 4 is 17.5 Å². The second kappa shape index (κ2) is 9.94. The highest BCUT2D eigenvalue weighted by atomic mass is 35.5. The Kier molecular flexibility index (Phi) is 7.63. The van der Waals surface area contributed by atoms with Crippen molar-refractivity contribution in [1.29, 1.82) is 5.26 Å². The number of nitrogens with zero attached hydrogens (tertiary/aromatic N) is 1. The predicted molar refractivity (Wildman–Crippen MR) is 103 cm³/mol. The summed E-state index contributed by atoms with van der Waals surface area (Å²) in [7, 11) is 0. The summed E-state index contributed by atoms with van der Waals surface area (Å²) in [5, 5.41) is 12.6. The first kappa shape index (κ1) is 20.7. The molecule has 1 amide bonds. The van der Waals surface area contributed by atoms with Gasteiger partial charge in [-0.25, -0.2) is 4.39 Å². The number of nitriles is 1. The summed E-state index contributed by atoms with van der Waals surface area (Å²) in [5.41, 5.74) is 2.54. The van der Waals surface area contributed by atoms with E-state index in [2.05, 4.69) is 5.32 Å². The van der Waals surface area contributed by atoms with Crippen LogP contribution in [0.15, 0.2) is 36.4 Å². The highest BCUT2D eigenvalue weighted by molar-refractivity contribution is 6.32. The minimum Gasteiger partial charge on any atom is -0.494 e. The van der Waals surface area contributed by atoms with Gasteiger partial charge in [-0.3, -0.25) is 4.79 Å². The molecule has 0 saturated heterocycles. The molecule has 0 saturated carbocycles. The van der Waals surface area contributed by atoms with E-state index in [1.54, 1.807) is 12.1 Å². The summed E-state index contributed by atoms with van der Waals surface area (Å²) in [6.07, 6.45) is 0.948. The lowest BCUT2D eigenvalue weighted by Crippen LogP contribution is -2.29. The monoisotopic (exact) mass is 388 g/mol. The number of hydrogen-bond acceptors (Lipinski definition) is 3. The highest BCUT2D eigenvalue weighted by Gasteiger charge is 2.17. The molecule has 6 heteroatoms. The van der Waals surface area contributed by atoms with Crippen LogP contribution in [0.2, 0.25) is 5.02 Å². The second-order valence-corrected chi connectivity index (χ2v) is 6.77. The number of carbonyl (C=O) groups excluding carboxylic acids is 1. The molecule has 142 valence electrons. The number of rotatable bonds is 8. The summed E-state index contributed by atoms with van der Waals surface area (Å²) < 4.78 is 18.8. The van der Waals surface area contributed by atoms with Gasteiger partial charge in [0.2, 0.25) is 5.91 Å². The van der Waals surface area contributed by atoms with Crippen LogP contribution in [0, 0.1) is 36.9 Å². The molecular formula is C21H22ClFN2O2. The third kappa shape index (κ3) is 6.26. The van der Waals surface area contributed by atoms with E-state index in [1.165, 1.54) is 12.1 Å². The Bertz CT molecular complexity index is 825. The fourth-order valence-corrected chi connectivity index (χ4v) is 2.79. The molecule has 4 nitrogen and oxygen atoms in total. The molecule has 0 aromatic heterocycles. The van der Waals surface area contributed by atoms with Gasteiger partial charge in [-0.1, -0.05) is 23.7 Å². The Labute approximate surface area is 163 Å². The largest absolute Gasteiger partial charge is 0.494 e. The zero-order chi connectivity index (χ0) is 19.8. The number of halogens is 2. The molecule has 0 heterocycles. The summed E-state index contributed by atoms with van der Waals surface area (Å²) >= 11 is 6.13. The first-order chi connectivity index (χ1) is 12.9. The quantitative estimate of drug-likeness (QED) is 0.666. The van der Waals surface area contributed by atoms with Crippen LogP contribution in [0.3, 0.4) is 0 Å². The van der Waals surface area contributed by atoms with Gasteiger partial charge in [0, 0.05) is 11.6 Å². The number of carbonyl (C=O) groups is 1. The van der Waals surface area contributed by atoms with E-state index in [-0.39, 0.29) is 18.3 Å². The van der Waals surface area contributed by atoms with Gasteiger partial charge in [0.05, 0.1) is 12.7 Å². The third-order valence-electron chi connectivity index (χ3n) is 4.14. The smallest absolute Gasteiger partial charge is 0.237 e. The van der Waals surface area contributed by atoms with Gasteiger partial charge >= 0.3 is 0 Å². The molecule has 1 N–H and O–H groups in total. The van der Waals surface area contributed by atoms with Crippen LogP contribution in [0.4, 0.5) is 4.39 Å². The van der Waals surface area contributed by atoms with Crippen molar-refractivity contribution in [2.45, 2.75) is 33.2 Å². The van der Waals surface area contributed by atoms with Crippen LogP contribution in [-0.4, -0.2) is 12.5 Å². The average molecular weight is 389 g/mol. The molecule has 0 aliphatic rings. The standard InChI is InChI=1S/C21H22ClFN2O2/c1-14-9-19(10-15(2)20(14)22)27-8-4-6-17(12-24)21(26)25-13-16-5-3-7-18(23)11-16/h3,5,7,9-11,17H,4,6,8,13H2,1-2H3,(H,25,26). The van der Waals surface area contributed by atoms with Crippen molar-refractivity contribution < 1.29 is 13.9 Å². The summed E-state index contributed by atoms with van der Waals surface area (Å²) in [5.74, 6) is -0.766. The maximum Gasteiger partial charge on any atom is 0.237 e. The van der Waals surface area contributed by atoms with E-state index >= 15 is 0 Å². The van der Waals surface area contributed by atoms with Crippen LogP contribution >= 0.6 is 11.6 Å². The normalized spacial score (nSPS) is 11.5. The SMILES string of the molecule is Cc1cc(OCCCC(C#N)C(=O)NCc2cccc(F)c2)cc(C)c1Cl. The van der Waals surface area contributed by atoms with E-state index in [0.29, 0.717) is 25.0 Å². The van der Waals surface area contributed by atoms with Crippen molar-refractivity contribution in [3.63, 3.8) is 0 Å². The van der Waals surface area contributed by atoms with Crippen molar-refractivity contribution in [3.05, 3.63) is 63.9 Å². The van der Waals surface area contributed by atoms with Crippen molar-refractivity contribution in [3.8, 4) is 11.8 Å². The molecule has 1 atom stereocenters. The fraction of sp³-hybridized carbons (Fsp3) is 0.333. The van der Waals surface area contributed by atoms with Gasteiger partial charge < -0.3 is 10.1 Å². The number of hydrogen-bond donors (Lipinski definition) is 1. The Morgan fingerprint density at radius 3 is 2.63 bits per heavy atom. The Balaban J connectivity index is 1.78. The number of nitrogens with one attached hydrogen (secondary N) is 1. The molecule has 0 spiro atoms. The first-order valence-electron chi connectivity index (χ1n) is 8.72. The number of benzene rings is 2. The molecule has 2 aromatic rings. The lowest BCUT2D eigenvalue weighted by Gasteiger charge is -2.12. The lowest BCUT2D eigenvalue weighted by molar-refractivity contribution is -0.123. The zero-order valence-corrected chi connectivity index (χ0v) is 16.1. The summed E-state index contributed by atoms with van der Waals surface area (Å²) in [6.45, 7) is 4.41. The number of amides is 1. The van der Waals surface area contributed by atoms with Crippen LogP contribution in [0.1, 0.15) is 29.5 Å². The fourth-order valence-electron chi connectivity index (χ4n) is 2.68. The minimum absolute atomic E-state index is 0.189. The predicted octanol–water partition coefficient (Wildman–Crippen LogP) is 4.71. The molecule has 2 rings (SSSR count). The molecule has 27 heavy (non-hydrogen) atoms. The van der Waals surface area contributed by atoms with Crippen molar-refractivity contribution in [2.75, 3.05) is 6.61 Å². The third-order valence-corrected chi connectivity index (χ3v) is 4.74. The molecule has 2 aromatic carbocycles. The van der Waals surface area contributed by atoms with Gasteiger partial charge in [0.15, 0.2) is 0 Å². The molecule has 1 unspecified atom stereocenters. The van der Waals surface area contributed by atoms with E-state index in [1.807, 2.05) is 32.0 Å². The second-order valence-electron chi connectivity index (χ2n) is 6.39. The number of ether oxygens (including phenoxy) is 1. The van der Waals surface area contributed by atoms with Gasteiger partial charge in [0.25, 0.3) is 0 Å². The van der Waals surface area contributed by atoms with Gasteiger partial charge in [-0.15, -0.1) is 0 Å². The highest BCUT2D eigenvalue weighted by Crippen LogP contribution is 2.26. The van der Waals surface area contributed by atoms with Gasteiger partial charge in [0.1, 0.15) is 17.5 Å². The van der Waals surface area contributed by atoms with Gasteiger partial charge in [-0.2, -0.15) is 5.26 Å². The van der Waals surface area contributed by atoms with E-state index < -0.39 is 5.92 Å². The van der Waals surface area contributed by atoms with E-state index in [0.717, 1.165) is 21.9 Å². The lowest BCUT2D eigenvalue weighted by atomic mass is 10.0. The van der Waals surface area contributed by atoms with Gasteiger partial charge in [-0.05, 0) is 67.6 Å². The Morgan fingerprint density at radius 1 is 1.30 bits per heavy atom. The molecule has 0 aliphatic carbocycles. The van der Waals surface area contributed by atoms with E-state index in [4.69, 9.17) is 16.3 Å². The van der Waals surface area contributed by atoms with Crippen LogP contribution in [-0.2, 0) is 11.3 Å². The zero-order valence-electron chi connectivity index (χ0n) is 15.4. The van der Waals surface area contributed by atoms with Crippen LogP contribution in [0.5, 0.6) is 5.75 Å². The topological polar surface area (TPSA) is 62.1 Å². The Hall–Kier alpha value is -2.58. The van der Waals surface area contributed by atoms with Crippen molar-refractivity contribution in [2.24, 2.45) is 5.92 Å². The summed E-state index contributed by atoms with van der Waals surface area (Å²) in [4.78, 5) is 12.1. The maximum atomic E-state index is 13.1. The summed E-state index contributed by atoms with van der Waals surface area (Å²) in [6, 6.07) is 11.7. The molecule has 0 radical (unpaired) electrons. The molecular weight excluding hydrogens is 367 g/mol. The molecule has 0 bridgehead atoms. The van der Waals surface area contributed by atoms with Crippen LogP contribution in [0.25, 0.3) is 0 Å². The average Bonchev–Trinajstić information content (AvgIpc) is 2.64. The Morgan fingerprint density at radius 2 is 2.00 bits per heavy atom. The molecule has 0 fully saturated rings. The molecule has 0 aliphatic heterocycles.